The molecule has 1 atom stereocenters. The standard InChI is InChI=1S/C10H24N2O3S/c1-5-11-10(2,9-13)8-12(3)6-7-16(4,14)15/h11,13H,5-9H2,1-4H3. The van der Waals surface area contributed by atoms with Crippen molar-refractivity contribution < 1.29 is 13.5 Å². The van der Waals surface area contributed by atoms with Crippen LogP contribution in [0.4, 0.5) is 0 Å². The fourth-order valence-corrected chi connectivity index (χ4v) is 2.23. The quantitative estimate of drug-likeness (QED) is 0.599. The van der Waals surface area contributed by atoms with Crippen LogP contribution in [0.1, 0.15) is 13.8 Å². The second-order valence-corrected chi connectivity index (χ2v) is 6.88. The van der Waals surface area contributed by atoms with Crippen LogP contribution in [0.2, 0.25) is 0 Å². The van der Waals surface area contributed by atoms with E-state index in [4.69, 9.17) is 0 Å². The average Bonchev–Trinajstić information content (AvgIpc) is 2.14. The van der Waals surface area contributed by atoms with Crippen molar-refractivity contribution >= 4 is 9.84 Å². The Balaban J connectivity index is 4.15. The minimum absolute atomic E-state index is 0.0318. The molecular weight excluding hydrogens is 228 g/mol. The third-order valence-electron chi connectivity index (χ3n) is 2.42. The summed E-state index contributed by atoms with van der Waals surface area (Å²) in [5.41, 5.74) is -0.374. The van der Waals surface area contributed by atoms with Crippen LogP contribution in [-0.4, -0.2) is 69.3 Å². The third-order valence-corrected chi connectivity index (χ3v) is 3.34. The first-order valence-electron chi connectivity index (χ1n) is 5.44. The Morgan fingerprint density at radius 1 is 1.44 bits per heavy atom. The van der Waals surface area contributed by atoms with Gasteiger partial charge in [-0.25, -0.2) is 8.42 Å². The smallest absolute Gasteiger partial charge is 0.148 e. The molecule has 2 N–H and O–H groups in total. The van der Waals surface area contributed by atoms with Crippen LogP contribution in [0, 0.1) is 0 Å². The number of aliphatic hydroxyl groups excluding tert-OH is 1. The molecule has 0 aromatic carbocycles. The van der Waals surface area contributed by atoms with Gasteiger partial charge in [0.1, 0.15) is 9.84 Å². The van der Waals surface area contributed by atoms with Gasteiger partial charge in [-0.3, -0.25) is 0 Å². The SMILES string of the molecule is CCNC(C)(CO)CN(C)CCS(C)(=O)=O. The maximum atomic E-state index is 11.0. The number of aliphatic hydroxyl groups is 1. The number of hydrogen-bond acceptors (Lipinski definition) is 5. The predicted octanol–water partition coefficient (Wildman–Crippen LogP) is -0.677. The average molecular weight is 252 g/mol. The van der Waals surface area contributed by atoms with Crippen molar-refractivity contribution in [2.45, 2.75) is 19.4 Å². The number of rotatable bonds is 8. The molecule has 0 aliphatic carbocycles. The molecule has 0 heterocycles. The molecular formula is C10H24N2O3S. The van der Waals surface area contributed by atoms with Crippen LogP contribution in [0.25, 0.3) is 0 Å². The lowest BCUT2D eigenvalue weighted by Gasteiger charge is -2.32. The Bertz CT molecular complexity index is 292. The van der Waals surface area contributed by atoms with Gasteiger partial charge < -0.3 is 15.3 Å². The third kappa shape index (κ3) is 7.16. The van der Waals surface area contributed by atoms with Gasteiger partial charge in [0.15, 0.2) is 0 Å². The minimum Gasteiger partial charge on any atom is -0.394 e. The van der Waals surface area contributed by atoms with Crippen molar-refractivity contribution in [1.82, 2.24) is 10.2 Å². The summed E-state index contributed by atoms with van der Waals surface area (Å²) in [5, 5.41) is 12.5. The van der Waals surface area contributed by atoms with Crippen LogP contribution >= 0.6 is 0 Å². The first-order valence-corrected chi connectivity index (χ1v) is 7.50. The highest BCUT2D eigenvalue weighted by atomic mass is 32.2. The van der Waals surface area contributed by atoms with Gasteiger partial charge in [0.2, 0.25) is 0 Å². The summed E-state index contributed by atoms with van der Waals surface area (Å²) in [7, 11) is -1.06. The molecule has 0 spiro atoms. The molecule has 0 aromatic heterocycles. The van der Waals surface area contributed by atoms with Crippen molar-refractivity contribution in [2.75, 3.05) is 45.3 Å². The largest absolute Gasteiger partial charge is 0.394 e. The van der Waals surface area contributed by atoms with Gasteiger partial charge >= 0.3 is 0 Å². The molecule has 0 aromatic rings. The lowest BCUT2D eigenvalue weighted by molar-refractivity contribution is 0.136. The summed E-state index contributed by atoms with van der Waals surface area (Å²) in [5.74, 6) is 0.150. The van der Waals surface area contributed by atoms with E-state index in [9.17, 15) is 13.5 Å². The molecule has 0 amide bonds. The van der Waals surface area contributed by atoms with Crippen molar-refractivity contribution in [2.24, 2.45) is 0 Å². The molecule has 0 saturated carbocycles. The van der Waals surface area contributed by atoms with Crippen molar-refractivity contribution in [1.29, 1.82) is 0 Å². The summed E-state index contributed by atoms with van der Waals surface area (Å²) in [4.78, 5) is 1.92. The highest BCUT2D eigenvalue weighted by Gasteiger charge is 2.23. The van der Waals surface area contributed by atoms with Crippen LogP contribution in [0.5, 0.6) is 0 Å². The van der Waals surface area contributed by atoms with Gasteiger partial charge in [0.25, 0.3) is 0 Å². The van der Waals surface area contributed by atoms with Crippen molar-refractivity contribution in [3.63, 3.8) is 0 Å². The van der Waals surface area contributed by atoms with E-state index in [-0.39, 0.29) is 17.9 Å². The number of sulfone groups is 1. The van der Waals surface area contributed by atoms with Gasteiger partial charge in [-0.15, -0.1) is 0 Å². The molecule has 16 heavy (non-hydrogen) atoms. The monoisotopic (exact) mass is 252 g/mol. The lowest BCUT2D eigenvalue weighted by atomic mass is 10.0. The zero-order valence-electron chi connectivity index (χ0n) is 10.7. The number of nitrogens with zero attached hydrogens (tertiary/aromatic N) is 1. The molecule has 1 unspecified atom stereocenters. The Labute approximate surface area is 98.8 Å². The Hall–Kier alpha value is -0.170. The highest BCUT2D eigenvalue weighted by molar-refractivity contribution is 7.90. The fraction of sp³-hybridized carbons (Fsp3) is 1.00. The lowest BCUT2D eigenvalue weighted by Crippen LogP contribution is -2.53. The molecule has 0 radical (unpaired) electrons. The van der Waals surface area contributed by atoms with E-state index in [1.165, 1.54) is 6.26 Å². The van der Waals surface area contributed by atoms with E-state index in [1.807, 2.05) is 25.8 Å². The van der Waals surface area contributed by atoms with Crippen LogP contribution in [0.3, 0.4) is 0 Å². The number of likely N-dealkylation sites (N-methyl/N-ethyl adjacent to an activating group) is 2. The van der Waals surface area contributed by atoms with Gasteiger partial charge in [0.05, 0.1) is 17.9 Å². The molecule has 0 fully saturated rings. The predicted molar refractivity (Wildman–Crippen MR) is 66.4 cm³/mol. The molecule has 0 aliphatic rings. The summed E-state index contributed by atoms with van der Waals surface area (Å²) >= 11 is 0. The first-order chi connectivity index (χ1) is 7.22. The summed E-state index contributed by atoms with van der Waals surface area (Å²) < 4.78 is 22.0. The molecule has 0 rings (SSSR count). The molecule has 0 bridgehead atoms. The maximum Gasteiger partial charge on any atom is 0.148 e. The van der Waals surface area contributed by atoms with E-state index >= 15 is 0 Å². The van der Waals surface area contributed by atoms with Gasteiger partial charge in [-0.1, -0.05) is 6.92 Å². The van der Waals surface area contributed by atoms with Crippen molar-refractivity contribution in [3.05, 3.63) is 0 Å². The Kier molecular flexibility index (Phi) is 6.47. The topological polar surface area (TPSA) is 69.6 Å². The molecule has 0 saturated heterocycles. The summed E-state index contributed by atoms with van der Waals surface area (Å²) in [6, 6.07) is 0. The first kappa shape index (κ1) is 15.8. The summed E-state index contributed by atoms with van der Waals surface area (Å²) in [6.45, 7) is 5.81. The minimum atomic E-state index is -2.92. The zero-order valence-corrected chi connectivity index (χ0v) is 11.5. The van der Waals surface area contributed by atoms with Gasteiger partial charge in [-0.05, 0) is 20.5 Å². The Morgan fingerprint density at radius 3 is 2.38 bits per heavy atom. The van der Waals surface area contributed by atoms with Crippen molar-refractivity contribution in [3.8, 4) is 0 Å². The van der Waals surface area contributed by atoms with Gasteiger partial charge in [0, 0.05) is 19.3 Å². The fourth-order valence-electron chi connectivity index (χ4n) is 1.59. The molecule has 0 aliphatic heterocycles. The zero-order chi connectivity index (χ0) is 12.8. The van der Waals surface area contributed by atoms with Crippen LogP contribution < -0.4 is 5.32 Å². The molecule has 98 valence electrons. The maximum absolute atomic E-state index is 11.0. The van der Waals surface area contributed by atoms with E-state index in [1.54, 1.807) is 0 Å². The number of hydrogen-bond donors (Lipinski definition) is 2. The molecule has 6 heteroatoms. The van der Waals surface area contributed by atoms with Crippen LogP contribution in [-0.2, 0) is 9.84 Å². The van der Waals surface area contributed by atoms with E-state index in [0.29, 0.717) is 13.1 Å². The van der Waals surface area contributed by atoms with E-state index in [0.717, 1.165) is 6.54 Å². The summed E-state index contributed by atoms with van der Waals surface area (Å²) in [6.07, 6.45) is 1.23. The van der Waals surface area contributed by atoms with E-state index in [2.05, 4.69) is 5.32 Å². The second kappa shape index (κ2) is 6.54. The number of nitrogens with one attached hydrogen (secondary N) is 1. The second-order valence-electron chi connectivity index (χ2n) is 4.62. The normalized spacial score (nSPS) is 16.4. The molecule has 5 nitrogen and oxygen atoms in total. The van der Waals surface area contributed by atoms with Gasteiger partial charge in [-0.2, -0.15) is 0 Å². The highest BCUT2D eigenvalue weighted by Crippen LogP contribution is 2.04. The van der Waals surface area contributed by atoms with Crippen LogP contribution in [0.15, 0.2) is 0 Å². The Morgan fingerprint density at radius 2 is 2.00 bits per heavy atom. The van der Waals surface area contributed by atoms with E-state index < -0.39 is 9.84 Å².